The van der Waals surface area contributed by atoms with Gasteiger partial charge in [0.2, 0.25) is 0 Å². The van der Waals surface area contributed by atoms with Gasteiger partial charge in [0.05, 0.1) is 6.61 Å². The molecule has 1 rings (SSSR count). The zero-order valence-electron chi connectivity index (χ0n) is 14.5. The van der Waals surface area contributed by atoms with Crippen LogP contribution in [0, 0.1) is 5.92 Å². The highest BCUT2D eigenvalue weighted by atomic mass is 16.8. The Morgan fingerprint density at radius 1 is 1.27 bits per heavy atom. The summed E-state index contributed by atoms with van der Waals surface area (Å²) in [5, 5.41) is 0. The van der Waals surface area contributed by atoms with Crippen molar-refractivity contribution in [2.24, 2.45) is 11.7 Å². The highest BCUT2D eigenvalue weighted by Crippen LogP contribution is 2.28. The second-order valence-corrected chi connectivity index (χ2v) is 6.68. The van der Waals surface area contributed by atoms with Gasteiger partial charge < -0.3 is 19.9 Å². The first-order valence-electron chi connectivity index (χ1n) is 8.66. The molecule has 0 spiro atoms. The monoisotopic (exact) mass is 315 g/mol. The Hall–Kier alpha value is -0.650. The lowest BCUT2D eigenvalue weighted by atomic mass is 10.0. The molecule has 5 heteroatoms. The molecule has 0 radical (unpaired) electrons. The van der Waals surface area contributed by atoms with Crippen LogP contribution in [0.25, 0.3) is 0 Å². The summed E-state index contributed by atoms with van der Waals surface area (Å²) < 4.78 is 16.4. The number of hydrogen-bond donors (Lipinski definition) is 1. The van der Waals surface area contributed by atoms with E-state index in [0.29, 0.717) is 25.4 Å². The summed E-state index contributed by atoms with van der Waals surface area (Å²) in [4.78, 5) is 11.6. The van der Waals surface area contributed by atoms with Crippen molar-refractivity contribution in [2.75, 3.05) is 6.61 Å². The average molecular weight is 315 g/mol. The first kappa shape index (κ1) is 19.4. The Bertz CT molecular complexity index is 322. The van der Waals surface area contributed by atoms with Crippen LogP contribution in [0.2, 0.25) is 0 Å². The molecular weight excluding hydrogens is 282 g/mol. The molecular formula is C17H33NO4. The van der Waals surface area contributed by atoms with Crippen molar-refractivity contribution >= 4 is 5.97 Å². The van der Waals surface area contributed by atoms with Crippen molar-refractivity contribution in [3.8, 4) is 0 Å². The second kappa shape index (κ2) is 10.2. The van der Waals surface area contributed by atoms with Crippen LogP contribution >= 0.6 is 0 Å². The van der Waals surface area contributed by atoms with E-state index in [1.165, 1.54) is 0 Å². The molecule has 0 amide bonds. The van der Waals surface area contributed by atoms with E-state index in [2.05, 4.69) is 20.8 Å². The molecule has 130 valence electrons. The van der Waals surface area contributed by atoms with Crippen LogP contribution in [0.1, 0.15) is 66.2 Å². The molecule has 0 bridgehead atoms. The summed E-state index contributed by atoms with van der Waals surface area (Å²) in [6.07, 6.45) is 4.95. The number of unbranched alkanes of at least 4 members (excludes halogenated alkanes) is 2. The standard InChI is InChI=1S/C17H33NO4/c1-5-6-7-8-15(19)21-13(4)9-10-20-17-16(22-17)14(18)11-12(2)3/h12-14,16-17H,5-11,18H2,1-4H3/t13-,14+,16?,17?/m1/s1. The summed E-state index contributed by atoms with van der Waals surface area (Å²) in [6.45, 7) is 8.84. The van der Waals surface area contributed by atoms with Crippen molar-refractivity contribution < 1.29 is 19.0 Å². The molecule has 1 fully saturated rings. The molecule has 1 heterocycles. The molecule has 2 unspecified atom stereocenters. The minimum absolute atomic E-state index is 0.0225. The van der Waals surface area contributed by atoms with E-state index in [0.717, 1.165) is 25.7 Å². The lowest BCUT2D eigenvalue weighted by molar-refractivity contribution is -0.149. The predicted octanol–water partition coefficient (Wildman–Crippen LogP) is 3.00. The summed E-state index contributed by atoms with van der Waals surface area (Å²) in [7, 11) is 0. The number of hydrogen-bond acceptors (Lipinski definition) is 5. The lowest BCUT2D eigenvalue weighted by Gasteiger charge is -2.13. The normalized spacial score (nSPS) is 23.4. The maximum absolute atomic E-state index is 11.6. The van der Waals surface area contributed by atoms with Crippen LogP contribution in [-0.4, -0.2) is 37.1 Å². The van der Waals surface area contributed by atoms with E-state index < -0.39 is 0 Å². The summed E-state index contributed by atoms with van der Waals surface area (Å²) in [5.41, 5.74) is 6.05. The number of carbonyl (C=O) groups excluding carboxylic acids is 1. The number of carbonyl (C=O) groups is 1. The Kier molecular flexibility index (Phi) is 8.98. The van der Waals surface area contributed by atoms with Crippen molar-refractivity contribution in [1.82, 2.24) is 0 Å². The Morgan fingerprint density at radius 2 is 2.00 bits per heavy atom. The summed E-state index contributed by atoms with van der Waals surface area (Å²) in [6, 6.07) is 0.0406. The Morgan fingerprint density at radius 3 is 2.64 bits per heavy atom. The second-order valence-electron chi connectivity index (χ2n) is 6.68. The molecule has 22 heavy (non-hydrogen) atoms. The summed E-state index contributed by atoms with van der Waals surface area (Å²) >= 11 is 0. The van der Waals surface area contributed by atoms with Crippen molar-refractivity contribution in [3.05, 3.63) is 0 Å². The van der Waals surface area contributed by atoms with Crippen molar-refractivity contribution in [1.29, 1.82) is 0 Å². The first-order chi connectivity index (χ1) is 10.4. The van der Waals surface area contributed by atoms with E-state index in [4.69, 9.17) is 19.9 Å². The van der Waals surface area contributed by atoms with E-state index >= 15 is 0 Å². The van der Waals surface area contributed by atoms with Gasteiger partial charge in [-0.2, -0.15) is 0 Å². The third kappa shape index (κ3) is 8.11. The first-order valence-corrected chi connectivity index (χ1v) is 8.66. The highest BCUT2D eigenvalue weighted by molar-refractivity contribution is 5.69. The fourth-order valence-corrected chi connectivity index (χ4v) is 2.44. The fraction of sp³-hybridized carbons (Fsp3) is 0.941. The molecule has 5 nitrogen and oxygen atoms in total. The van der Waals surface area contributed by atoms with Gasteiger partial charge in [-0.25, -0.2) is 0 Å². The molecule has 0 aliphatic carbocycles. The Labute approximate surface area is 134 Å². The quantitative estimate of drug-likeness (QED) is 0.340. The van der Waals surface area contributed by atoms with Gasteiger partial charge in [-0.1, -0.05) is 33.6 Å². The van der Waals surface area contributed by atoms with E-state index in [1.807, 2.05) is 6.92 Å². The third-order valence-corrected chi connectivity index (χ3v) is 3.77. The van der Waals surface area contributed by atoms with E-state index in [9.17, 15) is 4.79 Å². The number of esters is 1. The van der Waals surface area contributed by atoms with Gasteiger partial charge in [0.25, 0.3) is 0 Å². The average Bonchev–Trinajstić information content (AvgIpc) is 3.17. The fourth-order valence-electron chi connectivity index (χ4n) is 2.44. The molecule has 1 saturated heterocycles. The SMILES string of the molecule is CCCCCC(=O)O[C@H](C)CCOC1OC1[C@@H](N)CC(C)C. The molecule has 1 aliphatic heterocycles. The number of epoxide rings is 1. The van der Waals surface area contributed by atoms with Crippen molar-refractivity contribution in [2.45, 2.75) is 90.8 Å². The lowest BCUT2D eigenvalue weighted by Crippen LogP contribution is -2.30. The van der Waals surface area contributed by atoms with Gasteiger partial charge >= 0.3 is 5.97 Å². The molecule has 4 atom stereocenters. The van der Waals surface area contributed by atoms with Crippen LogP contribution in [-0.2, 0) is 19.0 Å². The maximum Gasteiger partial charge on any atom is 0.306 e. The number of ether oxygens (including phenoxy) is 3. The summed E-state index contributed by atoms with van der Waals surface area (Å²) in [5.74, 6) is 0.451. The molecule has 2 N–H and O–H groups in total. The van der Waals surface area contributed by atoms with E-state index in [1.54, 1.807) is 0 Å². The third-order valence-electron chi connectivity index (χ3n) is 3.77. The van der Waals surface area contributed by atoms with Crippen LogP contribution in [0.4, 0.5) is 0 Å². The van der Waals surface area contributed by atoms with Gasteiger partial charge in [-0.3, -0.25) is 4.79 Å². The Balaban J connectivity index is 2.04. The van der Waals surface area contributed by atoms with Gasteiger partial charge in [0.15, 0.2) is 6.29 Å². The molecule has 0 aromatic heterocycles. The van der Waals surface area contributed by atoms with E-state index in [-0.39, 0.29) is 30.5 Å². The van der Waals surface area contributed by atoms with Gasteiger partial charge in [-0.15, -0.1) is 0 Å². The van der Waals surface area contributed by atoms with Crippen LogP contribution < -0.4 is 5.73 Å². The van der Waals surface area contributed by atoms with Crippen molar-refractivity contribution in [3.63, 3.8) is 0 Å². The highest BCUT2D eigenvalue weighted by Gasteiger charge is 2.44. The molecule has 1 aliphatic rings. The smallest absolute Gasteiger partial charge is 0.306 e. The molecule has 0 aromatic rings. The van der Waals surface area contributed by atoms with Crippen LogP contribution in [0.15, 0.2) is 0 Å². The van der Waals surface area contributed by atoms with Gasteiger partial charge in [-0.05, 0) is 25.7 Å². The minimum Gasteiger partial charge on any atom is -0.463 e. The maximum atomic E-state index is 11.6. The predicted molar refractivity (Wildman–Crippen MR) is 86.4 cm³/mol. The van der Waals surface area contributed by atoms with Crippen LogP contribution in [0.5, 0.6) is 0 Å². The zero-order valence-corrected chi connectivity index (χ0v) is 14.5. The van der Waals surface area contributed by atoms with Crippen LogP contribution in [0.3, 0.4) is 0 Å². The number of rotatable bonds is 12. The molecule has 0 saturated carbocycles. The van der Waals surface area contributed by atoms with Gasteiger partial charge in [0, 0.05) is 18.9 Å². The van der Waals surface area contributed by atoms with Gasteiger partial charge in [0.1, 0.15) is 12.2 Å². The topological polar surface area (TPSA) is 74.1 Å². The largest absolute Gasteiger partial charge is 0.463 e. The minimum atomic E-state index is -0.179. The molecule has 0 aromatic carbocycles. The number of nitrogens with two attached hydrogens (primary N) is 1. The zero-order chi connectivity index (χ0) is 16.5.